The van der Waals surface area contributed by atoms with E-state index >= 15 is 0 Å². The first-order valence-corrected chi connectivity index (χ1v) is 6.32. The topological polar surface area (TPSA) is 71.6 Å². The van der Waals surface area contributed by atoms with Gasteiger partial charge in [0.1, 0.15) is 0 Å². The number of aliphatic hydroxyl groups is 1. The number of likely N-dealkylation sites (tertiary alicyclic amines) is 1. The molecule has 2 rings (SSSR count). The molecule has 0 saturated carbocycles. The number of ether oxygens (including phenoxy) is 1. The molecule has 6 nitrogen and oxygen atoms in total. The first kappa shape index (κ1) is 13.5. The highest BCUT2D eigenvalue weighted by Crippen LogP contribution is 2.27. The van der Waals surface area contributed by atoms with E-state index in [1.807, 2.05) is 25.7 Å². The SMILES string of the molecule is CC(C)(C)OC(O)N1CCC(c2nnco2)CC1. The van der Waals surface area contributed by atoms with Gasteiger partial charge in [0.2, 0.25) is 18.7 Å². The van der Waals surface area contributed by atoms with Crippen LogP contribution in [-0.4, -0.2) is 45.3 Å². The molecule has 0 aliphatic carbocycles. The summed E-state index contributed by atoms with van der Waals surface area (Å²) < 4.78 is 10.7. The molecule has 1 atom stereocenters. The summed E-state index contributed by atoms with van der Waals surface area (Å²) in [7, 11) is 0. The number of piperidine rings is 1. The highest BCUT2D eigenvalue weighted by molar-refractivity contribution is 4.92. The van der Waals surface area contributed by atoms with Crippen molar-refractivity contribution in [2.24, 2.45) is 0 Å². The van der Waals surface area contributed by atoms with Crippen LogP contribution in [0.2, 0.25) is 0 Å². The molecule has 2 heterocycles. The monoisotopic (exact) mass is 255 g/mol. The molecule has 6 heteroatoms. The molecule has 0 amide bonds. The number of nitrogens with zero attached hydrogens (tertiary/aromatic N) is 3. The molecule has 0 spiro atoms. The maximum absolute atomic E-state index is 9.98. The summed E-state index contributed by atoms with van der Waals surface area (Å²) in [6.45, 7) is 7.33. The van der Waals surface area contributed by atoms with Gasteiger partial charge in [-0.1, -0.05) is 0 Å². The predicted octanol–water partition coefficient (Wildman–Crippen LogP) is 1.34. The zero-order valence-corrected chi connectivity index (χ0v) is 11.2. The maximum atomic E-state index is 9.98. The standard InChI is InChI=1S/C12H21N3O3/c1-12(2,3)18-11(16)15-6-4-9(5-7-15)10-14-13-8-17-10/h8-9,11,16H,4-7H2,1-3H3. The smallest absolute Gasteiger partial charge is 0.219 e. The van der Waals surface area contributed by atoms with E-state index in [0.717, 1.165) is 25.9 Å². The Bertz CT molecular complexity index is 353. The molecule has 1 aromatic rings. The lowest BCUT2D eigenvalue weighted by Crippen LogP contribution is -2.45. The summed E-state index contributed by atoms with van der Waals surface area (Å²) in [6.07, 6.45) is 2.31. The van der Waals surface area contributed by atoms with E-state index in [-0.39, 0.29) is 5.60 Å². The van der Waals surface area contributed by atoms with Gasteiger partial charge in [-0.25, -0.2) is 0 Å². The van der Waals surface area contributed by atoms with Crippen molar-refractivity contribution in [3.63, 3.8) is 0 Å². The highest BCUT2D eigenvalue weighted by Gasteiger charge is 2.29. The summed E-state index contributed by atoms with van der Waals surface area (Å²) in [5, 5.41) is 17.6. The summed E-state index contributed by atoms with van der Waals surface area (Å²) in [4.78, 5) is 1.93. The van der Waals surface area contributed by atoms with Crippen molar-refractivity contribution in [3.8, 4) is 0 Å². The van der Waals surface area contributed by atoms with Gasteiger partial charge < -0.3 is 14.3 Å². The lowest BCUT2D eigenvalue weighted by molar-refractivity contribution is -0.242. The second-order valence-corrected chi connectivity index (χ2v) is 5.64. The number of rotatable bonds is 3. The largest absolute Gasteiger partial charge is 0.428 e. The Balaban J connectivity index is 1.83. The normalized spacial score (nSPS) is 21.1. The molecule has 1 aromatic heterocycles. The molecule has 1 N–H and O–H groups in total. The molecule has 1 fully saturated rings. The van der Waals surface area contributed by atoms with Crippen LogP contribution in [0.1, 0.15) is 45.4 Å². The number of hydrogen-bond acceptors (Lipinski definition) is 6. The van der Waals surface area contributed by atoms with Crippen LogP contribution in [0.25, 0.3) is 0 Å². The average molecular weight is 255 g/mol. The van der Waals surface area contributed by atoms with E-state index < -0.39 is 6.41 Å². The molecule has 1 aliphatic heterocycles. The predicted molar refractivity (Wildman–Crippen MR) is 64.7 cm³/mol. The first-order valence-electron chi connectivity index (χ1n) is 6.32. The van der Waals surface area contributed by atoms with Gasteiger partial charge in [0.05, 0.1) is 5.60 Å². The van der Waals surface area contributed by atoms with Crippen molar-refractivity contribution < 1.29 is 14.3 Å². The van der Waals surface area contributed by atoms with Crippen molar-refractivity contribution in [1.29, 1.82) is 0 Å². The zero-order valence-electron chi connectivity index (χ0n) is 11.2. The molecule has 0 bridgehead atoms. The molecule has 18 heavy (non-hydrogen) atoms. The third kappa shape index (κ3) is 3.51. The number of aromatic nitrogens is 2. The minimum absolute atomic E-state index is 0.297. The van der Waals surface area contributed by atoms with Crippen LogP contribution in [-0.2, 0) is 4.74 Å². The van der Waals surface area contributed by atoms with Gasteiger partial charge in [-0.3, -0.25) is 4.90 Å². The van der Waals surface area contributed by atoms with Crippen molar-refractivity contribution in [1.82, 2.24) is 15.1 Å². The Hall–Kier alpha value is -0.980. The Kier molecular flexibility index (Phi) is 3.99. The fourth-order valence-electron chi connectivity index (χ4n) is 2.12. The van der Waals surface area contributed by atoms with Crippen molar-refractivity contribution in [3.05, 3.63) is 12.3 Å². The average Bonchev–Trinajstić information content (AvgIpc) is 2.80. The second kappa shape index (κ2) is 5.34. The molecule has 1 unspecified atom stereocenters. The zero-order chi connectivity index (χ0) is 13.2. The molecule has 102 valence electrons. The van der Waals surface area contributed by atoms with E-state index in [4.69, 9.17) is 9.15 Å². The van der Waals surface area contributed by atoms with Gasteiger partial charge in [-0.05, 0) is 33.6 Å². The van der Waals surface area contributed by atoms with Crippen LogP contribution in [0.4, 0.5) is 0 Å². The van der Waals surface area contributed by atoms with Crippen LogP contribution < -0.4 is 0 Å². The quantitative estimate of drug-likeness (QED) is 0.822. The molecule has 0 aromatic carbocycles. The van der Waals surface area contributed by atoms with Crippen LogP contribution >= 0.6 is 0 Å². The summed E-state index contributed by atoms with van der Waals surface area (Å²) in [5.74, 6) is 0.992. The summed E-state index contributed by atoms with van der Waals surface area (Å²) in [5.41, 5.74) is -0.344. The lowest BCUT2D eigenvalue weighted by Gasteiger charge is -2.36. The van der Waals surface area contributed by atoms with Crippen LogP contribution in [0.15, 0.2) is 10.8 Å². The Morgan fingerprint density at radius 1 is 1.44 bits per heavy atom. The second-order valence-electron chi connectivity index (χ2n) is 5.64. The highest BCUT2D eigenvalue weighted by atomic mass is 16.6. The minimum Gasteiger partial charge on any atom is -0.428 e. The third-order valence-corrected chi connectivity index (χ3v) is 3.03. The summed E-state index contributed by atoms with van der Waals surface area (Å²) >= 11 is 0. The van der Waals surface area contributed by atoms with Gasteiger partial charge in [-0.15, -0.1) is 10.2 Å². The molecule has 1 aliphatic rings. The lowest BCUT2D eigenvalue weighted by atomic mass is 9.97. The van der Waals surface area contributed by atoms with Crippen molar-refractivity contribution in [2.45, 2.75) is 51.5 Å². The van der Waals surface area contributed by atoms with Crippen molar-refractivity contribution >= 4 is 0 Å². The van der Waals surface area contributed by atoms with Crippen LogP contribution in [0.3, 0.4) is 0 Å². The Morgan fingerprint density at radius 3 is 2.61 bits per heavy atom. The van der Waals surface area contributed by atoms with Gasteiger partial charge in [0.25, 0.3) is 0 Å². The Morgan fingerprint density at radius 2 is 2.11 bits per heavy atom. The van der Waals surface area contributed by atoms with E-state index in [1.54, 1.807) is 0 Å². The van der Waals surface area contributed by atoms with Gasteiger partial charge in [0.15, 0.2) is 0 Å². The van der Waals surface area contributed by atoms with E-state index in [1.165, 1.54) is 6.39 Å². The number of aliphatic hydroxyl groups excluding tert-OH is 1. The fourth-order valence-corrected chi connectivity index (χ4v) is 2.12. The fraction of sp³-hybridized carbons (Fsp3) is 0.833. The van der Waals surface area contributed by atoms with E-state index in [0.29, 0.717) is 11.8 Å². The van der Waals surface area contributed by atoms with Gasteiger partial charge in [-0.2, -0.15) is 0 Å². The van der Waals surface area contributed by atoms with Crippen molar-refractivity contribution in [2.75, 3.05) is 13.1 Å². The molecular formula is C12H21N3O3. The Labute approximate surface area is 107 Å². The maximum Gasteiger partial charge on any atom is 0.219 e. The van der Waals surface area contributed by atoms with E-state index in [9.17, 15) is 5.11 Å². The number of hydrogen-bond donors (Lipinski definition) is 1. The van der Waals surface area contributed by atoms with Crippen LogP contribution in [0.5, 0.6) is 0 Å². The minimum atomic E-state index is -0.839. The first-order chi connectivity index (χ1) is 8.46. The van der Waals surface area contributed by atoms with Crippen LogP contribution in [0, 0.1) is 0 Å². The van der Waals surface area contributed by atoms with Gasteiger partial charge in [0, 0.05) is 19.0 Å². The molecule has 1 saturated heterocycles. The summed E-state index contributed by atoms with van der Waals surface area (Å²) in [6, 6.07) is 0. The molecular weight excluding hydrogens is 234 g/mol. The van der Waals surface area contributed by atoms with E-state index in [2.05, 4.69) is 10.2 Å². The molecule has 0 radical (unpaired) electrons. The third-order valence-electron chi connectivity index (χ3n) is 3.03. The van der Waals surface area contributed by atoms with Gasteiger partial charge >= 0.3 is 0 Å².